The van der Waals surface area contributed by atoms with Gasteiger partial charge in [0.2, 0.25) is 5.89 Å². The summed E-state index contributed by atoms with van der Waals surface area (Å²) in [6.07, 6.45) is 0.674. The summed E-state index contributed by atoms with van der Waals surface area (Å²) < 4.78 is 5.74. The molecule has 6 heteroatoms. The molecule has 2 aromatic heterocycles. The number of benzene rings is 2. The van der Waals surface area contributed by atoms with Gasteiger partial charge in [0.1, 0.15) is 0 Å². The molecular weight excluding hydrogens is 370 g/mol. The summed E-state index contributed by atoms with van der Waals surface area (Å²) in [5, 5.41) is 9.61. The van der Waals surface area contributed by atoms with Crippen LogP contribution in [0, 0.1) is 6.92 Å². The Morgan fingerprint density at radius 3 is 2.68 bits per heavy atom. The van der Waals surface area contributed by atoms with Crippen molar-refractivity contribution in [3.63, 3.8) is 0 Å². The summed E-state index contributed by atoms with van der Waals surface area (Å²) in [5.41, 5.74) is 3.83. The van der Waals surface area contributed by atoms with Gasteiger partial charge in [0.15, 0.2) is 5.78 Å². The first kappa shape index (κ1) is 18.5. The second-order valence-electron chi connectivity index (χ2n) is 6.86. The third kappa shape index (κ3) is 3.87. The summed E-state index contributed by atoms with van der Waals surface area (Å²) >= 11 is 1.28. The molecule has 4 aromatic rings. The molecule has 0 spiro atoms. The molecule has 2 aromatic carbocycles. The molecule has 28 heavy (non-hydrogen) atoms. The highest BCUT2D eigenvalue weighted by molar-refractivity contribution is 7.99. The Hall–Kier alpha value is -2.86. The molecule has 0 saturated heterocycles. The van der Waals surface area contributed by atoms with E-state index in [0.717, 1.165) is 22.2 Å². The van der Waals surface area contributed by atoms with E-state index in [-0.39, 0.29) is 17.5 Å². The summed E-state index contributed by atoms with van der Waals surface area (Å²) in [6, 6.07) is 18.1. The number of nitrogens with zero attached hydrogens (tertiary/aromatic N) is 2. The molecule has 142 valence electrons. The Bertz CT molecular complexity index is 1100. The van der Waals surface area contributed by atoms with Gasteiger partial charge >= 0.3 is 0 Å². The monoisotopic (exact) mass is 391 g/mol. The largest absolute Gasteiger partial charge is 0.416 e. The SMILES string of the molecule is Cc1[nH]c2ccccc2c1C(=O)CSc1nnc(CC(C)c2ccccc2)o1. The van der Waals surface area contributed by atoms with Crippen LogP contribution in [0.5, 0.6) is 0 Å². The van der Waals surface area contributed by atoms with Crippen molar-refractivity contribution in [2.75, 3.05) is 5.75 Å². The van der Waals surface area contributed by atoms with Crippen LogP contribution in [0.25, 0.3) is 10.9 Å². The number of hydrogen-bond acceptors (Lipinski definition) is 5. The molecule has 0 fully saturated rings. The molecule has 4 rings (SSSR count). The standard InChI is InChI=1S/C22H21N3O2S/c1-14(16-8-4-3-5-9-16)12-20-24-25-22(27-20)28-13-19(26)21-15(2)23-18-11-7-6-10-17(18)21/h3-11,14,23H,12-13H2,1-2H3. The van der Waals surface area contributed by atoms with Crippen LogP contribution in [0.2, 0.25) is 0 Å². The topological polar surface area (TPSA) is 71.8 Å². The zero-order valence-electron chi connectivity index (χ0n) is 15.8. The number of aromatic amines is 1. The van der Waals surface area contributed by atoms with Crippen LogP contribution in [0.3, 0.4) is 0 Å². The van der Waals surface area contributed by atoms with Crippen molar-refractivity contribution in [3.05, 3.63) is 77.3 Å². The van der Waals surface area contributed by atoms with Gasteiger partial charge < -0.3 is 9.40 Å². The fraction of sp³-hybridized carbons (Fsp3) is 0.227. The van der Waals surface area contributed by atoms with Crippen molar-refractivity contribution < 1.29 is 9.21 Å². The molecule has 0 bridgehead atoms. The molecular formula is C22H21N3O2S. The minimum atomic E-state index is 0.0531. The number of Topliss-reactive ketones (excluding diaryl/α,β-unsaturated/α-hetero) is 1. The van der Waals surface area contributed by atoms with E-state index in [0.29, 0.717) is 17.5 Å². The van der Waals surface area contributed by atoms with Crippen molar-refractivity contribution in [2.45, 2.75) is 31.4 Å². The number of carbonyl (C=O) groups is 1. The van der Waals surface area contributed by atoms with Crippen LogP contribution in [-0.2, 0) is 6.42 Å². The molecule has 0 aliphatic rings. The van der Waals surface area contributed by atoms with Crippen LogP contribution >= 0.6 is 11.8 Å². The molecule has 0 amide bonds. The second kappa shape index (κ2) is 8.02. The first-order valence-corrected chi connectivity index (χ1v) is 10.2. The van der Waals surface area contributed by atoms with Gasteiger partial charge in [-0.15, -0.1) is 10.2 Å². The first-order chi connectivity index (χ1) is 13.6. The van der Waals surface area contributed by atoms with Crippen LogP contribution < -0.4 is 0 Å². The number of fused-ring (bicyclic) bond motifs is 1. The van der Waals surface area contributed by atoms with E-state index in [1.165, 1.54) is 17.3 Å². The van der Waals surface area contributed by atoms with Gasteiger partial charge in [-0.3, -0.25) is 4.79 Å². The van der Waals surface area contributed by atoms with E-state index in [4.69, 9.17) is 4.42 Å². The fourth-order valence-corrected chi connectivity index (χ4v) is 4.03. The van der Waals surface area contributed by atoms with Crippen LogP contribution in [0.15, 0.2) is 64.2 Å². The number of hydrogen-bond donors (Lipinski definition) is 1. The average Bonchev–Trinajstić information content (AvgIpc) is 3.29. The number of ketones is 1. The van der Waals surface area contributed by atoms with Crippen molar-refractivity contribution in [1.29, 1.82) is 0 Å². The normalized spacial score (nSPS) is 12.4. The highest BCUT2D eigenvalue weighted by atomic mass is 32.2. The minimum absolute atomic E-state index is 0.0531. The average molecular weight is 391 g/mol. The maximum atomic E-state index is 12.8. The maximum absolute atomic E-state index is 12.8. The van der Waals surface area contributed by atoms with Gasteiger partial charge in [-0.25, -0.2) is 0 Å². The number of rotatable bonds is 7. The number of thioether (sulfide) groups is 1. The predicted octanol–water partition coefficient (Wildman–Crippen LogP) is 5.18. The Kier molecular flexibility index (Phi) is 5.30. The smallest absolute Gasteiger partial charge is 0.277 e. The summed E-state index contributed by atoms with van der Waals surface area (Å²) in [7, 11) is 0. The van der Waals surface area contributed by atoms with Gasteiger partial charge in [0.05, 0.1) is 5.75 Å². The minimum Gasteiger partial charge on any atom is -0.416 e. The molecule has 2 heterocycles. The number of carbonyl (C=O) groups excluding carboxylic acids is 1. The predicted molar refractivity (Wildman–Crippen MR) is 111 cm³/mol. The lowest BCUT2D eigenvalue weighted by atomic mass is 9.98. The zero-order valence-corrected chi connectivity index (χ0v) is 16.6. The van der Waals surface area contributed by atoms with Gasteiger partial charge in [-0.2, -0.15) is 0 Å². The molecule has 0 radical (unpaired) electrons. The fourth-order valence-electron chi connectivity index (χ4n) is 3.38. The highest BCUT2D eigenvalue weighted by Crippen LogP contribution is 2.26. The van der Waals surface area contributed by atoms with Crippen molar-refractivity contribution in [3.8, 4) is 0 Å². The van der Waals surface area contributed by atoms with E-state index >= 15 is 0 Å². The molecule has 0 aliphatic carbocycles. The second-order valence-corrected chi connectivity index (χ2v) is 7.79. The van der Waals surface area contributed by atoms with E-state index in [1.54, 1.807) is 0 Å². The zero-order chi connectivity index (χ0) is 19.5. The Morgan fingerprint density at radius 1 is 1.11 bits per heavy atom. The van der Waals surface area contributed by atoms with Crippen LogP contribution in [0.4, 0.5) is 0 Å². The quantitative estimate of drug-likeness (QED) is 0.347. The molecule has 1 atom stereocenters. The number of aryl methyl sites for hydroxylation is 1. The van der Waals surface area contributed by atoms with Crippen LogP contribution in [0.1, 0.15) is 40.3 Å². The maximum Gasteiger partial charge on any atom is 0.277 e. The molecule has 0 saturated carbocycles. The van der Waals surface area contributed by atoms with Crippen LogP contribution in [-0.4, -0.2) is 26.7 Å². The third-order valence-corrected chi connectivity index (χ3v) is 5.62. The number of para-hydroxylation sites is 1. The van der Waals surface area contributed by atoms with E-state index < -0.39 is 0 Å². The molecule has 0 aliphatic heterocycles. The summed E-state index contributed by atoms with van der Waals surface area (Å²) in [4.78, 5) is 16.0. The molecule has 1 unspecified atom stereocenters. The van der Waals surface area contributed by atoms with Gasteiger partial charge in [0, 0.05) is 28.6 Å². The van der Waals surface area contributed by atoms with Gasteiger partial charge in [-0.05, 0) is 24.5 Å². The number of aromatic nitrogens is 3. The lowest BCUT2D eigenvalue weighted by Crippen LogP contribution is -2.03. The van der Waals surface area contributed by atoms with Crippen molar-refractivity contribution in [2.24, 2.45) is 0 Å². The Balaban J connectivity index is 1.40. The Morgan fingerprint density at radius 2 is 1.86 bits per heavy atom. The Labute approximate surface area is 167 Å². The van der Waals surface area contributed by atoms with Gasteiger partial charge in [-0.1, -0.05) is 67.2 Å². The van der Waals surface area contributed by atoms with E-state index in [1.807, 2.05) is 49.4 Å². The summed E-state index contributed by atoms with van der Waals surface area (Å²) in [5.74, 6) is 1.19. The number of nitrogens with one attached hydrogen (secondary N) is 1. The first-order valence-electron chi connectivity index (χ1n) is 9.22. The van der Waals surface area contributed by atoms with E-state index in [2.05, 4.69) is 34.2 Å². The highest BCUT2D eigenvalue weighted by Gasteiger charge is 2.18. The molecule has 5 nitrogen and oxygen atoms in total. The van der Waals surface area contributed by atoms with Crippen molar-refractivity contribution >= 4 is 28.4 Å². The lowest BCUT2D eigenvalue weighted by Gasteiger charge is -2.08. The van der Waals surface area contributed by atoms with Crippen molar-refractivity contribution in [1.82, 2.24) is 15.2 Å². The lowest BCUT2D eigenvalue weighted by molar-refractivity contribution is 0.102. The summed E-state index contributed by atoms with van der Waals surface area (Å²) in [6.45, 7) is 4.06. The number of H-pyrrole nitrogens is 1. The third-order valence-electron chi connectivity index (χ3n) is 4.80. The molecule has 1 N–H and O–H groups in total. The van der Waals surface area contributed by atoms with E-state index in [9.17, 15) is 4.79 Å². The van der Waals surface area contributed by atoms with Gasteiger partial charge in [0.25, 0.3) is 5.22 Å².